The van der Waals surface area contributed by atoms with Crippen molar-refractivity contribution < 1.29 is 22.7 Å². The van der Waals surface area contributed by atoms with Crippen LogP contribution in [-0.4, -0.2) is 39.9 Å². The topological polar surface area (TPSA) is 75.6 Å². The lowest BCUT2D eigenvalue weighted by Gasteiger charge is -2.06. The van der Waals surface area contributed by atoms with Gasteiger partial charge >= 0.3 is 0 Å². The highest BCUT2D eigenvalue weighted by atomic mass is 32.2. The van der Waals surface area contributed by atoms with Crippen molar-refractivity contribution in [3.05, 3.63) is 30.1 Å². The molecule has 0 aliphatic rings. The minimum atomic E-state index is -3.70. The summed E-state index contributed by atoms with van der Waals surface area (Å²) in [6.45, 7) is 0.256. The van der Waals surface area contributed by atoms with Crippen LogP contribution < -0.4 is 4.72 Å². The van der Waals surface area contributed by atoms with Crippen LogP contribution in [0.15, 0.2) is 29.2 Å². The van der Waals surface area contributed by atoms with Crippen LogP contribution in [0.1, 0.15) is 0 Å². The smallest absolute Gasteiger partial charge is 0.240 e. The minimum Gasteiger partial charge on any atom is -0.394 e. The molecule has 0 spiro atoms. The van der Waals surface area contributed by atoms with Gasteiger partial charge in [0.2, 0.25) is 10.0 Å². The van der Waals surface area contributed by atoms with E-state index in [1.807, 2.05) is 0 Å². The van der Waals surface area contributed by atoms with Gasteiger partial charge in [-0.05, 0) is 18.2 Å². The molecule has 1 rings (SSSR count). The zero-order valence-electron chi connectivity index (χ0n) is 9.10. The number of halogens is 1. The quantitative estimate of drug-likeness (QED) is 0.685. The van der Waals surface area contributed by atoms with Gasteiger partial charge in [-0.2, -0.15) is 0 Å². The van der Waals surface area contributed by atoms with Gasteiger partial charge in [0.1, 0.15) is 5.82 Å². The van der Waals surface area contributed by atoms with E-state index in [0.29, 0.717) is 0 Å². The molecule has 0 aliphatic heterocycles. The molecule has 0 radical (unpaired) electrons. The first-order chi connectivity index (χ1) is 8.06. The van der Waals surface area contributed by atoms with E-state index in [0.717, 1.165) is 6.07 Å². The van der Waals surface area contributed by atoms with Crippen LogP contribution in [0.25, 0.3) is 0 Å². The fraction of sp³-hybridized carbons (Fsp3) is 0.400. The van der Waals surface area contributed by atoms with E-state index in [4.69, 9.17) is 9.84 Å². The lowest BCUT2D eigenvalue weighted by molar-refractivity contribution is 0.0961. The molecule has 0 amide bonds. The number of benzene rings is 1. The number of rotatable bonds is 7. The molecule has 0 aromatic heterocycles. The number of hydrogen-bond donors (Lipinski definition) is 2. The first-order valence-electron chi connectivity index (χ1n) is 5.00. The van der Waals surface area contributed by atoms with Gasteiger partial charge in [-0.25, -0.2) is 17.5 Å². The molecule has 0 unspecified atom stereocenters. The molecule has 1 aromatic rings. The molecule has 17 heavy (non-hydrogen) atoms. The third kappa shape index (κ3) is 4.78. The molecule has 0 saturated carbocycles. The van der Waals surface area contributed by atoms with Crippen molar-refractivity contribution in [3.8, 4) is 0 Å². The summed E-state index contributed by atoms with van der Waals surface area (Å²) in [7, 11) is -3.70. The van der Waals surface area contributed by atoms with Crippen molar-refractivity contribution in [2.45, 2.75) is 4.90 Å². The van der Waals surface area contributed by atoms with E-state index in [9.17, 15) is 12.8 Å². The molecule has 2 N–H and O–H groups in total. The average molecular weight is 263 g/mol. The van der Waals surface area contributed by atoms with Crippen LogP contribution in [0, 0.1) is 5.82 Å². The molecular formula is C10H14FNO4S. The summed E-state index contributed by atoms with van der Waals surface area (Å²) in [5.41, 5.74) is 0. The van der Waals surface area contributed by atoms with Gasteiger partial charge in [-0.3, -0.25) is 0 Å². The van der Waals surface area contributed by atoms with Crippen molar-refractivity contribution in [3.63, 3.8) is 0 Å². The Hall–Kier alpha value is -1.02. The van der Waals surface area contributed by atoms with Crippen molar-refractivity contribution in [2.75, 3.05) is 26.4 Å². The van der Waals surface area contributed by atoms with Crippen LogP contribution in [0.3, 0.4) is 0 Å². The second-order valence-electron chi connectivity index (χ2n) is 3.19. The zero-order valence-corrected chi connectivity index (χ0v) is 9.91. The first kappa shape index (κ1) is 14.0. The molecule has 0 saturated heterocycles. The fourth-order valence-corrected chi connectivity index (χ4v) is 2.18. The predicted octanol–water partition coefficient (Wildman–Crippen LogP) is 0.113. The number of sulfonamides is 1. The lowest BCUT2D eigenvalue weighted by atomic mass is 10.4. The largest absolute Gasteiger partial charge is 0.394 e. The second kappa shape index (κ2) is 6.65. The number of ether oxygens (including phenoxy) is 1. The highest BCUT2D eigenvalue weighted by Gasteiger charge is 2.13. The Morgan fingerprint density at radius 2 is 2.12 bits per heavy atom. The van der Waals surface area contributed by atoms with E-state index < -0.39 is 15.8 Å². The molecule has 0 heterocycles. The van der Waals surface area contributed by atoms with Gasteiger partial charge in [-0.15, -0.1) is 0 Å². The molecule has 0 atom stereocenters. The van der Waals surface area contributed by atoms with Gasteiger partial charge in [-0.1, -0.05) is 6.07 Å². The molecule has 7 heteroatoms. The number of aliphatic hydroxyl groups excluding tert-OH is 1. The van der Waals surface area contributed by atoms with Gasteiger partial charge in [0.25, 0.3) is 0 Å². The SMILES string of the molecule is O=S(=O)(NCCOCCO)c1cccc(F)c1. The average Bonchev–Trinajstić information content (AvgIpc) is 2.29. The van der Waals surface area contributed by atoms with Crippen LogP contribution in [-0.2, 0) is 14.8 Å². The Bertz CT molecular complexity index is 449. The number of aliphatic hydroxyl groups is 1. The normalized spacial score (nSPS) is 11.6. The Kier molecular flexibility index (Phi) is 5.49. The van der Waals surface area contributed by atoms with Crippen molar-refractivity contribution in [2.24, 2.45) is 0 Å². The Labute approximate surface area is 99.3 Å². The zero-order chi connectivity index (χ0) is 12.7. The highest BCUT2D eigenvalue weighted by Crippen LogP contribution is 2.09. The van der Waals surface area contributed by atoms with Crippen molar-refractivity contribution in [1.82, 2.24) is 4.72 Å². The summed E-state index contributed by atoms with van der Waals surface area (Å²) in [5, 5.41) is 8.43. The molecule has 0 bridgehead atoms. The highest BCUT2D eigenvalue weighted by molar-refractivity contribution is 7.89. The van der Waals surface area contributed by atoms with E-state index in [1.165, 1.54) is 18.2 Å². The van der Waals surface area contributed by atoms with Crippen molar-refractivity contribution >= 4 is 10.0 Å². The van der Waals surface area contributed by atoms with Gasteiger partial charge in [0.05, 0.1) is 24.7 Å². The molecule has 5 nitrogen and oxygen atoms in total. The number of hydrogen-bond acceptors (Lipinski definition) is 4. The Morgan fingerprint density at radius 1 is 1.35 bits per heavy atom. The van der Waals surface area contributed by atoms with Gasteiger partial charge < -0.3 is 9.84 Å². The van der Waals surface area contributed by atoms with E-state index >= 15 is 0 Å². The molecule has 0 aliphatic carbocycles. The molecule has 0 fully saturated rings. The molecule has 96 valence electrons. The third-order valence-corrected chi connectivity index (χ3v) is 3.34. The maximum Gasteiger partial charge on any atom is 0.240 e. The van der Waals surface area contributed by atoms with Crippen LogP contribution in [0.5, 0.6) is 0 Å². The van der Waals surface area contributed by atoms with Crippen molar-refractivity contribution in [1.29, 1.82) is 0 Å². The monoisotopic (exact) mass is 263 g/mol. The van der Waals surface area contributed by atoms with E-state index in [-0.39, 0.29) is 31.3 Å². The lowest BCUT2D eigenvalue weighted by Crippen LogP contribution is -2.27. The summed E-state index contributed by atoms with van der Waals surface area (Å²) in [6.07, 6.45) is 0. The summed E-state index contributed by atoms with van der Waals surface area (Å²) < 4.78 is 43.3. The minimum absolute atomic E-state index is 0.0683. The Balaban J connectivity index is 2.51. The van der Waals surface area contributed by atoms with E-state index in [2.05, 4.69) is 4.72 Å². The first-order valence-corrected chi connectivity index (χ1v) is 6.48. The second-order valence-corrected chi connectivity index (χ2v) is 4.96. The summed E-state index contributed by atoms with van der Waals surface area (Å²) >= 11 is 0. The third-order valence-electron chi connectivity index (χ3n) is 1.88. The maximum absolute atomic E-state index is 12.8. The Morgan fingerprint density at radius 3 is 2.76 bits per heavy atom. The molecule has 1 aromatic carbocycles. The van der Waals surface area contributed by atoms with Gasteiger partial charge in [0, 0.05) is 6.54 Å². The van der Waals surface area contributed by atoms with Crippen LogP contribution in [0.2, 0.25) is 0 Å². The number of nitrogens with one attached hydrogen (secondary N) is 1. The van der Waals surface area contributed by atoms with Crippen LogP contribution >= 0.6 is 0 Å². The summed E-state index contributed by atoms with van der Waals surface area (Å²) in [5.74, 6) is -0.607. The van der Waals surface area contributed by atoms with E-state index in [1.54, 1.807) is 0 Å². The molecular weight excluding hydrogens is 249 g/mol. The predicted molar refractivity (Wildman–Crippen MR) is 59.5 cm³/mol. The summed E-state index contributed by atoms with van der Waals surface area (Å²) in [6, 6.07) is 4.74. The van der Waals surface area contributed by atoms with Crippen LogP contribution in [0.4, 0.5) is 4.39 Å². The van der Waals surface area contributed by atoms with Gasteiger partial charge in [0.15, 0.2) is 0 Å². The fourth-order valence-electron chi connectivity index (χ4n) is 1.13. The maximum atomic E-state index is 12.8. The standard InChI is InChI=1S/C10H14FNO4S/c11-9-2-1-3-10(8-9)17(14,15)12-4-6-16-7-5-13/h1-3,8,12-13H,4-7H2. The summed E-state index contributed by atoms with van der Waals surface area (Å²) in [4.78, 5) is -0.125.